The Morgan fingerprint density at radius 1 is 1.10 bits per heavy atom. The molecule has 0 spiro atoms. The van der Waals surface area contributed by atoms with Gasteiger partial charge in [0.05, 0.1) is 4.90 Å². The summed E-state index contributed by atoms with van der Waals surface area (Å²) in [6.07, 6.45) is 1.73. The van der Waals surface area contributed by atoms with Gasteiger partial charge in [-0.25, -0.2) is 12.8 Å². The third-order valence-electron chi connectivity index (χ3n) is 3.18. The lowest BCUT2D eigenvalue weighted by atomic mass is 10.1. The highest BCUT2D eigenvalue weighted by Crippen LogP contribution is 2.16. The molecule has 2 rings (SSSR count). The Bertz CT molecular complexity index is 711. The Balaban J connectivity index is 2.03. The first-order chi connectivity index (χ1) is 9.86. The summed E-state index contributed by atoms with van der Waals surface area (Å²) in [6, 6.07) is 13.3. The van der Waals surface area contributed by atoms with Crippen molar-refractivity contribution in [2.75, 3.05) is 11.6 Å². The van der Waals surface area contributed by atoms with Crippen LogP contribution in [0.4, 0.5) is 10.1 Å². The van der Waals surface area contributed by atoms with E-state index in [1.54, 1.807) is 36.4 Å². The average molecular weight is 307 g/mol. The molecule has 0 saturated carbocycles. The number of hydrogen-bond acceptors (Lipinski definition) is 3. The third kappa shape index (κ3) is 4.29. The van der Waals surface area contributed by atoms with E-state index < -0.39 is 9.84 Å². The summed E-state index contributed by atoms with van der Waals surface area (Å²) in [7, 11) is -3.18. The zero-order chi connectivity index (χ0) is 15.5. The summed E-state index contributed by atoms with van der Waals surface area (Å²) in [6.45, 7) is 1.96. The van der Waals surface area contributed by atoms with Crippen molar-refractivity contribution in [1.82, 2.24) is 0 Å². The number of hydrogen-bond donors (Lipinski definition) is 1. The van der Waals surface area contributed by atoms with Gasteiger partial charge in [0.25, 0.3) is 0 Å². The molecule has 1 N–H and O–H groups in total. The van der Waals surface area contributed by atoms with Gasteiger partial charge < -0.3 is 5.32 Å². The van der Waals surface area contributed by atoms with Crippen LogP contribution in [0.15, 0.2) is 53.4 Å². The van der Waals surface area contributed by atoms with Gasteiger partial charge in [0, 0.05) is 18.0 Å². The van der Waals surface area contributed by atoms with E-state index in [1.807, 2.05) is 13.0 Å². The molecule has 0 saturated heterocycles. The SMILES string of the molecule is CC(Cc1ccccc1F)Nc1ccc(S(C)(=O)=O)cc1. The maximum absolute atomic E-state index is 13.6. The van der Waals surface area contributed by atoms with Crippen molar-refractivity contribution in [3.8, 4) is 0 Å². The molecule has 0 aliphatic heterocycles. The van der Waals surface area contributed by atoms with E-state index >= 15 is 0 Å². The average Bonchev–Trinajstić information content (AvgIpc) is 2.41. The molecule has 5 heteroatoms. The minimum Gasteiger partial charge on any atom is -0.382 e. The molecule has 0 fully saturated rings. The quantitative estimate of drug-likeness (QED) is 0.922. The molecule has 0 amide bonds. The molecule has 0 heterocycles. The normalized spacial score (nSPS) is 12.9. The van der Waals surface area contributed by atoms with Gasteiger partial charge >= 0.3 is 0 Å². The monoisotopic (exact) mass is 307 g/mol. The number of sulfone groups is 1. The van der Waals surface area contributed by atoms with Crippen LogP contribution in [0.25, 0.3) is 0 Å². The summed E-state index contributed by atoms with van der Waals surface area (Å²) in [4.78, 5) is 0.287. The van der Waals surface area contributed by atoms with Crippen LogP contribution in [-0.2, 0) is 16.3 Å². The van der Waals surface area contributed by atoms with Crippen molar-refractivity contribution >= 4 is 15.5 Å². The minimum atomic E-state index is -3.18. The summed E-state index contributed by atoms with van der Waals surface area (Å²) < 4.78 is 36.3. The maximum Gasteiger partial charge on any atom is 0.175 e. The van der Waals surface area contributed by atoms with E-state index in [2.05, 4.69) is 5.32 Å². The van der Waals surface area contributed by atoms with Crippen LogP contribution in [0, 0.1) is 5.82 Å². The van der Waals surface area contributed by atoms with Gasteiger partial charge in [0.15, 0.2) is 9.84 Å². The number of anilines is 1. The van der Waals surface area contributed by atoms with Crippen molar-refractivity contribution in [3.05, 3.63) is 59.9 Å². The molecule has 0 radical (unpaired) electrons. The summed E-state index contributed by atoms with van der Waals surface area (Å²) in [5.74, 6) is -0.210. The summed E-state index contributed by atoms with van der Waals surface area (Å²) >= 11 is 0. The Kier molecular flexibility index (Phi) is 4.63. The molecule has 2 aromatic rings. The van der Waals surface area contributed by atoms with E-state index in [0.717, 1.165) is 5.69 Å². The molecule has 1 unspecified atom stereocenters. The van der Waals surface area contributed by atoms with E-state index in [4.69, 9.17) is 0 Å². The highest BCUT2D eigenvalue weighted by atomic mass is 32.2. The van der Waals surface area contributed by atoms with Crippen LogP contribution in [0.5, 0.6) is 0 Å². The van der Waals surface area contributed by atoms with Gasteiger partial charge in [-0.05, 0) is 49.2 Å². The van der Waals surface area contributed by atoms with Gasteiger partial charge in [0.2, 0.25) is 0 Å². The fraction of sp³-hybridized carbons (Fsp3) is 0.250. The van der Waals surface area contributed by atoms with E-state index in [9.17, 15) is 12.8 Å². The topological polar surface area (TPSA) is 46.2 Å². The van der Waals surface area contributed by atoms with Gasteiger partial charge in [-0.15, -0.1) is 0 Å². The lowest BCUT2D eigenvalue weighted by molar-refractivity contribution is 0.600. The van der Waals surface area contributed by atoms with Crippen molar-refractivity contribution in [3.63, 3.8) is 0 Å². The molecular formula is C16H18FNO2S. The summed E-state index contributed by atoms with van der Waals surface area (Å²) in [5.41, 5.74) is 1.47. The zero-order valence-corrected chi connectivity index (χ0v) is 12.8. The minimum absolute atomic E-state index is 0.0333. The van der Waals surface area contributed by atoms with E-state index in [0.29, 0.717) is 12.0 Å². The fourth-order valence-electron chi connectivity index (χ4n) is 2.13. The number of halogens is 1. The molecule has 1 atom stereocenters. The molecule has 2 aromatic carbocycles. The molecular weight excluding hydrogens is 289 g/mol. The van der Waals surface area contributed by atoms with Crippen molar-refractivity contribution in [1.29, 1.82) is 0 Å². The lowest BCUT2D eigenvalue weighted by Crippen LogP contribution is -2.18. The van der Waals surface area contributed by atoms with Crippen LogP contribution in [-0.4, -0.2) is 20.7 Å². The standard InChI is InChI=1S/C16H18FNO2S/c1-12(11-13-5-3-4-6-16(13)17)18-14-7-9-15(10-8-14)21(2,19)20/h3-10,12,18H,11H2,1-2H3. The van der Waals surface area contributed by atoms with Gasteiger partial charge in [0.1, 0.15) is 5.82 Å². The Morgan fingerprint density at radius 3 is 2.29 bits per heavy atom. The Labute approximate surface area is 124 Å². The molecule has 0 aliphatic rings. The van der Waals surface area contributed by atoms with Crippen LogP contribution in [0.1, 0.15) is 12.5 Å². The molecule has 112 valence electrons. The number of benzene rings is 2. The fourth-order valence-corrected chi connectivity index (χ4v) is 2.76. The molecule has 0 aliphatic carbocycles. The van der Waals surface area contributed by atoms with Crippen LogP contribution >= 0.6 is 0 Å². The second-order valence-electron chi connectivity index (χ2n) is 5.14. The zero-order valence-electron chi connectivity index (χ0n) is 12.0. The Morgan fingerprint density at radius 2 is 1.71 bits per heavy atom. The van der Waals surface area contributed by atoms with Gasteiger partial charge in [-0.1, -0.05) is 18.2 Å². The van der Waals surface area contributed by atoms with Crippen molar-refractivity contribution in [2.24, 2.45) is 0 Å². The molecule has 3 nitrogen and oxygen atoms in total. The predicted octanol–water partition coefficient (Wildman–Crippen LogP) is 3.27. The second kappa shape index (κ2) is 6.26. The van der Waals surface area contributed by atoms with Crippen LogP contribution in [0.2, 0.25) is 0 Å². The maximum atomic E-state index is 13.6. The number of rotatable bonds is 5. The highest BCUT2D eigenvalue weighted by molar-refractivity contribution is 7.90. The third-order valence-corrected chi connectivity index (χ3v) is 4.31. The summed E-state index contributed by atoms with van der Waals surface area (Å²) in [5, 5.41) is 3.23. The lowest BCUT2D eigenvalue weighted by Gasteiger charge is -2.16. The van der Waals surface area contributed by atoms with E-state index in [1.165, 1.54) is 12.3 Å². The highest BCUT2D eigenvalue weighted by Gasteiger charge is 2.09. The smallest absolute Gasteiger partial charge is 0.175 e. The van der Waals surface area contributed by atoms with Gasteiger partial charge in [-0.2, -0.15) is 0 Å². The number of nitrogens with one attached hydrogen (secondary N) is 1. The van der Waals surface area contributed by atoms with E-state index in [-0.39, 0.29) is 16.8 Å². The molecule has 0 bridgehead atoms. The Hall–Kier alpha value is -1.88. The second-order valence-corrected chi connectivity index (χ2v) is 7.15. The first-order valence-electron chi connectivity index (χ1n) is 6.66. The molecule has 0 aromatic heterocycles. The van der Waals surface area contributed by atoms with Crippen molar-refractivity contribution in [2.45, 2.75) is 24.3 Å². The molecule has 21 heavy (non-hydrogen) atoms. The largest absolute Gasteiger partial charge is 0.382 e. The predicted molar refractivity (Wildman–Crippen MR) is 82.7 cm³/mol. The first kappa shape index (κ1) is 15.5. The van der Waals surface area contributed by atoms with Crippen molar-refractivity contribution < 1.29 is 12.8 Å². The van der Waals surface area contributed by atoms with Crippen LogP contribution in [0.3, 0.4) is 0 Å². The van der Waals surface area contributed by atoms with Gasteiger partial charge in [-0.3, -0.25) is 0 Å². The van der Waals surface area contributed by atoms with Crippen LogP contribution < -0.4 is 5.32 Å². The first-order valence-corrected chi connectivity index (χ1v) is 8.55.